The zero-order valence-electron chi connectivity index (χ0n) is 19.1. The molecule has 1 aliphatic heterocycles. The van der Waals surface area contributed by atoms with E-state index in [-0.39, 0.29) is 5.75 Å². The Morgan fingerprint density at radius 1 is 1.00 bits per heavy atom. The third kappa shape index (κ3) is 5.52. The minimum Gasteiger partial charge on any atom is -0.451 e. The standard InChI is InChI=1S/C25H19ClF3N5O3/c26-14-2-1-3-15(10-14)31-25(35)33-20-12-17(27)24(23(29)22(20)28)37-16-4-5-18-19(11-16)32-21(13-30-18)34-6-8-36-9-7-34/h1-5,10-13H,6-9H2,(H2,31,33,35). The third-order valence-electron chi connectivity index (χ3n) is 5.50. The van der Waals surface area contributed by atoms with Gasteiger partial charge in [0.15, 0.2) is 11.6 Å². The minimum atomic E-state index is -1.61. The maximum Gasteiger partial charge on any atom is 0.323 e. The van der Waals surface area contributed by atoms with Crippen molar-refractivity contribution in [2.24, 2.45) is 0 Å². The van der Waals surface area contributed by atoms with E-state index in [1.54, 1.807) is 24.4 Å². The Morgan fingerprint density at radius 3 is 2.59 bits per heavy atom. The number of carbonyl (C=O) groups excluding carboxylic acids is 1. The van der Waals surface area contributed by atoms with Crippen molar-refractivity contribution in [2.75, 3.05) is 41.8 Å². The highest BCUT2D eigenvalue weighted by molar-refractivity contribution is 6.30. The van der Waals surface area contributed by atoms with E-state index >= 15 is 0 Å². The Balaban J connectivity index is 1.35. The van der Waals surface area contributed by atoms with E-state index in [0.29, 0.717) is 59.9 Å². The van der Waals surface area contributed by atoms with E-state index in [1.165, 1.54) is 24.3 Å². The van der Waals surface area contributed by atoms with Gasteiger partial charge in [-0.3, -0.25) is 4.98 Å². The molecule has 1 fully saturated rings. The van der Waals surface area contributed by atoms with E-state index in [2.05, 4.69) is 20.6 Å². The lowest BCUT2D eigenvalue weighted by atomic mass is 10.2. The number of aromatic nitrogens is 2. The van der Waals surface area contributed by atoms with Crippen molar-refractivity contribution in [2.45, 2.75) is 0 Å². The number of nitrogens with zero attached hydrogens (tertiary/aromatic N) is 3. The number of halogens is 4. The van der Waals surface area contributed by atoms with Gasteiger partial charge in [-0.05, 0) is 30.3 Å². The van der Waals surface area contributed by atoms with Crippen LogP contribution < -0.4 is 20.3 Å². The van der Waals surface area contributed by atoms with Crippen molar-refractivity contribution in [1.29, 1.82) is 0 Å². The molecule has 1 aromatic heterocycles. The predicted molar refractivity (Wildman–Crippen MR) is 133 cm³/mol. The molecular weight excluding hydrogens is 511 g/mol. The number of urea groups is 1. The lowest BCUT2D eigenvalue weighted by Gasteiger charge is -2.27. The SMILES string of the molecule is O=C(Nc1cccc(Cl)c1)Nc1cc(F)c(Oc2ccc3ncc(N4CCOCC4)nc3c2)c(F)c1F. The number of hydrogen-bond acceptors (Lipinski definition) is 6. The Labute approximate surface area is 214 Å². The van der Waals surface area contributed by atoms with Crippen molar-refractivity contribution in [1.82, 2.24) is 9.97 Å². The highest BCUT2D eigenvalue weighted by Crippen LogP contribution is 2.34. The number of morpholine rings is 1. The average Bonchev–Trinajstić information content (AvgIpc) is 2.89. The molecule has 0 aliphatic carbocycles. The van der Waals surface area contributed by atoms with E-state index in [9.17, 15) is 18.0 Å². The number of benzene rings is 3. The molecule has 0 spiro atoms. The molecule has 0 unspecified atom stereocenters. The maximum atomic E-state index is 14.8. The first-order chi connectivity index (χ1) is 17.9. The van der Waals surface area contributed by atoms with Gasteiger partial charge in [-0.2, -0.15) is 4.39 Å². The first-order valence-corrected chi connectivity index (χ1v) is 11.5. The average molecular weight is 530 g/mol. The summed E-state index contributed by atoms with van der Waals surface area (Å²) in [4.78, 5) is 23.1. The molecule has 2 amide bonds. The summed E-state index contributed by atoms with van der Waals surface area (Å²) in [5.41, 5.74) is 0.574. The first-order valence-electron chi connectivity index (χ1n) is 11.2. The maximum absolute atomic E-state index is 14.8. The molecule has 3 aromatic carbocycles. The van der Waals surface area contributed by atoms with Gasteiger partial charge in [-0.1, -0.05) is 17.7 Å². The van der Waals surface area contributed by atoms with Crippen LogP contribution in [0.25, 0.3) is 11.0 Å². The van der Waals surface area contributed by atoms with Gasteiger partial charge in [0, 0.05) is 35.9 Å². The molecule has 2 heterocycles. The largest absolute Gasteiger partial charge is 0.451 e. The first kappa shape index (κ1) is 24.6. The molecule has 12 heteroatoms. The van der Waals surface area contributed by atoms with Gasteiger partial charge in [0.25, 0.3) is 0 Å². The number of rotatable bonds is 5. The van der Waals surface area contributed by atoms with Crippen LogP contribution in [0.5, 0.6) is 11.5 Å². The van der Waals surface area contributed by atoms with Crippen molar-refractivity contribution in [3.8, 4) is 11.5 Å². The van der Waals surface area contributed by atoms with Crippen LogP contribution in [-0.4, -0.2) is 42.3 Å². The lowest BCUT2D eigenvalue weighted by Crippen LogP contribution is -2.36. The third-order valence-corrected chi connectivity index (χ3v) is 5.74. The lowest BCUT2D eigenvalue weighted by molar-refractivity contribution is 0.122. The van der Waals surface area contributed by atoms with Crippen LogP contribution in [0.4, 0.5) is 35.2 Å². The van der Waals surface area contributed by atoms with Gasteiger partial charge >= 0.3 is 6.03 Å². The van der Waals surface area contributed by atoms with Crippen LogP contribution in [0, 0.1) is 17.5 Å². The predicted octanol–water partition coefficient (Wildman–Crippen LogP) is 5.97. The molecule has 2 N–H and O–H groups in total. The van der Waals surface area contributed by atoms with Gasteiger partial charge in [-0.25, -0.2) is 18.6 Å². The van der Waals surface area contributed by atoms with Crippen LogP contribution in [0.15, 0.2) is 54.7 Å². The second kappa shape index (κ2) is 10.5. The Morgan fingerprint density at radius 2 is 1.81 bits per heavy atom. The van der Waals surface area contributed by atoms with Gasteiger partial charge in [-0.15, -0.1) is 0 Å². The van der Waals surface area contributed by atoms with Crippen molar-refractivity contribution < 1.29 is 27.4 Å². The normalized spacial score (nSPS) is 13.5. The number of fused-ring (bicyclic) bond motifs is 1. The van der Waals surface area contributed by atoms with Gasteiger partial charge in [0.2, 0.25) is 11.6 Å². The summed E-state index contributed by atoms with van der Waals surface area (Å²) in [6.45, 7) is 2.45. The van der Waals surface area contributed by atoms with Crippen molar-refractivity contribution >= 4 is 45.9 Å². The summed E-state index contributed by atoms with van der Waals surface area (Å²) in [6, 6.07) is 10.3. The topological polar surface area (TPSA) is 88.6 Å². The molecule has 0 bridgehead atoms. The second-order valence-electron chi connectivity index (χ2n) is 8.03. The zero-order valence-corrected chi connectivity index (χ0v) is 19.9. The number of amides is 2. The molecule has 0 radical (unpaired) electrons. The highest BCUT2D eigenvalue weighted by Gasteiger charge is 2.23. The number of nitrogens with one attached hydrogen (secondary N) is 2. The summed E-state index contributed by atoms with van der Waals surface area (Å²) >= 11 is 5.86. The number of hydrogen-bond donors (Lipinski definition) is 2. The molecule has 190 valence electrons. The summed E-state index contributed by atoms with van der Waals surface area (Å²) in [7, 11) is 0. The van der Waals surface area contributed by atoms with Crippen molar-refractivity contribution in [3.63, 3.8) is 0 Å². The Hall–Kier alpha value is -4.09. The summed E-state index contributed by atoms with van der Waals surface area (Å²) in [5.74, 6) is -4.63. The van der Waals surface area contributed by atoms with Crippen molar-refractivity contribution in [3.05, 3.63) is 77.2 Å². The molecule has 1 aliphatic rings. The van der Waals surface area contributed by atoms with E-state index < -0.39 is 34.9 Å². The van der Waals surface area contributed by atoms with Crippen LogP contribution >= 0.6 is 11.6 Å². The molecule has 0 saturated carbocycles. The number of anilines is 3. The number of ether oxygens (including phenoxy) is 2. The van der Waals surface area contributed by atoms with Crippen LogP contribution in [0.1, 0.15) is 0 Å². The molecule has 5 rings (SSSR count). The summed E-state index contributed by atoms with van der Waals surface area (Å²) in [5, 5.41) is 4.83. The monoisotopic (exact) mass is 529 g/mol. The molecule has 0 atom stereocenters. The van der Waals surface area contributed by atoms with Gasteiger partial charge < -0.3 is 25.0 Å². The fraction of sp³-hybridized carbons (Fsp3) is 0.160. The fourth-order valence-electron chi connectivity index (χ4n) is 3.72. The highest BCUT2D eigenvalue weighted by atomic mass is 35.5. The van der Waals surface area contributed by atoms with Crippen LogP contribution in [0.2, 0.25) is 5.02 Å². The minimum absolute atomic E-state index is 0.0255. The molecule has 8 nitrogen and oxygen atoms in total. The molecule has 4 aromatic rings. The quantitative estimate of drug-likeness (QED) is 0.310. The fourth-order valence-corrected chi connectivity index (χ4v) is 3.91. The summed E-state index contributed by atoms with van der Waals surface area (Å²) in [6.07, 6.45) is 1.64. The van der Waals surface area contributed by atoms with E-state index in [1.807, 2.05) is 4.90 Å². The molecular formula is C25H19ClF3N5O3. The van der Waals surface area contributed by atoms with Crippen LogP contribution in [0.3, 0.4) is 0 Å². The van der Waals surface area contributed by atoms with Crippen LogP contribution in [-0.2, 0) is 4.74 Å². The molecule has 37 heavy (non-hydrogen) atoms. The van der Waals surface area contributed by atoms with E-state index in [4.69, 9.17) is 21.1 Å². The van der Waals surface area contributed by atoms with Gasteiger partial charge in [0.1, 0.15) is 11.6 Å². The zero-order chi connectivity index (χ0) is 25.9. The Kier molecular flexibility index (Phi) is 6.97. The number of carbonyl (C=O) groups is 1. The molecule has 1 saturated heterocycles. The summed E-state index contributed by atoms with van der Waals surface area (Å²) < 4.78 is 54.9. The Bertz CT molecular complexity index is 1480. The second-order valence-corrected chi connectivity index (χ2v) is 8.47. The van der Waals surface area contributed by atoms with Gasteiger partial charge in [0.05, 0.1) is 36.1 Å². The van der Waals surface area contributed by atoms with E-state index in [0.717, 1.165) is 0 Å². The smallest absolute Gasteiger partial charge is 0.323 e.